The fourth-order valence-electron chi connectivity index (χ4n) is 3.52. The Bertz CT molecular complexity index is 811. The predicted molar refractivity (Wildman–Crippen MR) is 137 cm³/mol. The fraction of sp³-hybridized carbons (Fsp3) is 0.500. The van der Waals surface area contributed by atoms with E-state index < -0.39 is 0 Å². The first-order valence-electron chi connectivity index (χ1n) is 10.5. The third kappa shape index (κ3) is 7.80. The average Bonchev–Trinajstić information content (AvgIpc) is 2.80. The third-order valence-corrected chi connectivity index (χ3v) is 5.33. The number of aromatic nitrogens is 2. The number of piperazine rings is 1. The number of benzene rings is 1. The number of guanidine groups is 1. The molecule has 0 aliphatic carbocycles. The summed E-state index contributed by atoms with van der Waals surface area (Å²) in [6.45, 7) is 8.67. The van der Waals surface area contributed by atoms with E-state index in [1.54, 1.807) is 19.5 Å². The second-order valence-electron chi connectivity index (χ2n) is 7.36. The Labute approximate surface area is 202 Å². The first-order valence-corrected chi connectivity index (χ1v) is 10.5. The summed E-state index contributed by atoms with van der Waals surface area (Å²) in [5.74, 6) is 2.60. The number of anilines is 1. The molecule has 9 heteroatoms. The number of rotatable bonds is 8. The molecule has 1 saturated heterocycles. The highest BCUT2D eigenvalue weighted by molar-refractivity contribution is 14.0. The van der Waals surface area contributed by atoms with Crippen LogP contribution in [0.5, 0.6) is 5.75 Å². The minimum absolute atomic E-state index is 0. The van der Waals surface area contributed by atoms with Gasteiger partial charge in [0.05, 0.1) is 7.11 Å². The zero-order valence-corrected chi connectivity index (χ0v) is 21.0. The van der Waals surface area contributed by atoms with Crippen molar-refractivity contribution < 1.29 is 4.74 Å². The van der Waals surface area contributed by atoms with E-state index in [4.69, 9.17) is 4.74 Å². The van der Waals surface area contributed by atoms with Crippen LogP contribution in [0, 0.1) is 6.92 Å². The molecule has 0 unspecified atom stereocenters. The Kier molecular flexibility index (Phi) is 10.8. The lowest BCUT2D eigenvalue weighted by molar-refractivity contribution is 0.260. The van der Waals surface area contributed by atoms with Crippen LogP contribution in [-0.2, 0) is 6.42 Å². The lowest BCUT2D eigenvalue weighted by Gasteiger charge is -2.34. The maximum absolute atomic E-state index is 5.41. The number of hydrogen-bond acceptors (Lipinski definition) is 6. The monoisotopic (exact) mass is 539 g/mol. The first kappa shape index (κ1) is 25.1. The summed E-state index contributed by atoms with van der Waals surface area (Å²) >= 11 is 0. The van der Waals surface area contributed by atoms with E-state index in [9.17, 15) is 0 Å². The zero-order valence-electron chi connectivity index (χ0n) is 18.7. The number of aliphatic imine (C=N–C) groups is 1. The summed E-state index contributed by atoms with van der Waals surface area (Å²) in [4.78, 5) is 17.7. The van der Waals surface area contributed by atoms with Crippen LogP contribution in [0.15, 0.2) is 41.7 Å². The quantitative estimate of drug-likeness (QED) is 0.302. The maximum atomic E-state index is 5.41. The second kappa shape index (κ2) is 13.3. The smallest absolute Gasteiger partial charge is 0.225 e. The van der Waals surface area contributed by atoms with Crippen LogP contribution >= 0.6 is 24.0 Å². The molecule has 0 atom stereocenters. The van der Waals surface area contributed by atoms with E-state index in [1.165, 1.54) is 5.56 Å². The van der Waals surface area contributed by atoms with Crippen molar-refractivity contribution in [2.24, 2.45) is 4.99 Å². The van der Waals surface area contributed by atoms with Gasteiger partial charge in [-0.3, -0.25) is 9.89 Å². The number of nitrogens with one attached hydrogen (secondary N) is 2. The summed E-state index contributed by atoms with van der Waals surface area (Å²) in [5, 5.41) is 6.80. The SMILES string of the molecule is CN=C(NCCc1ccc(C)c(OC)c1)NCCN1CCN(c2ncccn2)CC1.I. The average molecular weight is 539 g/mol. The topological polar surface area (TPSA) is 77.9 Å². The molecule has 0 saturated carbocycles. The molecule has 0 bridgehead atoms. The van der Waals surface area contributed by atoms with Gasteiger partial charge in [0.15, 0.2) is 5.96 Å². The number of halogens is 1. The molecule has 170 valence electrons. The predicted octanol–water partition coefficient (Wildman–Crippen LogP) is 1.94. The third-order valence-electron chi connectivity index (χ3n) is 5.33. The van der Waals surface area contributed by atoms with Crippen LogP contribution in [0.2, 0.25) is 0 Å². The molecular formula is C22H34IN7O. The summed E-state index contributed by atoms with van der Waals surface area (Å²) in [6.07, 6.45) is 4.51. The molecule has 31 heavy (non-hydrogen) atoms. The van der Waals surface area contributed by atoms with Gasteiger partial charge in [-0.2, -0.15) is 0 Å². The highest BCUT2D eigenvalue weighted by Gasteiger charge is 2.18. The van der Waals surface area contributed by atoms with Crippen LogP contribution in [0.4, 0.5) is 5.95 Å². The standard InChI is InChI=1S/C22H33N7O.HI/c1-18-5-6-19(17-20(18)30-3)7-10-24-21(23-2)25-11-12-28-13-15-29(16-14-28)22-26-8-4-9-27-22;/h4-6,8-9,17H,7,10-16H2,1-3H3,(H2,23,24,25);1H. The van der Waals surface area contributed by atoms with E-state index in [0.717, 1.165) is 75.5 Å². The molecule has 2 N–H and O–H groups in total. The molecule has 2 aromatic rings. The molecule has 8 nitrogen and oxygen atoms in total. The van der Waals surface area contributed by atoms with Gasteiger partial charge < -0.3 is 20.3 Å². The summed E-state index contributed by atoms with van der Waals surface area (Å²) in [7, 11) is 3.52. The Hall–Kier alpha value is -2.14. The van der Waals surface area contributed by atoms with E-state index >= 15 is 0 Å². The van der Waals surface area contributed by atoms with Crippen molar-refractivity contribution in [3.63, 3.8) is 0 Å². The van der Waals surface area contributed by atoms with Crippen LogP contribution in [0.1, 0.15) is 11.1 Å². The van der Waals surface area contributed by atoms with Gasteiger partial charge >= 0.3 is 0 Å². The number of ether oxygens (including phenoxy) is 1. The highest BCUT2D eigenvalue weighted by Crippen LogP contribution is 2.19. The van der Waals surface area contributed by atoms with Gasteiger partial charge in [0, 0.05) is 65.3 Å². The Balaban J connectivity index is 0.00000341. The Morgan fingerprint density at radius 1 is 1.10 bits per heavy atom. The minimum Gasteiger partial charge on any atom is -0.496 e. The van der Waals surface area contributed by atoms with Crippen molar-refractivity contribution in [2.75, 3.05) is 64.9 Å². The number of methoxy groups -OCH3 is 1. The summed E-state index contributed by atoms with van der Waals surface area (Å²) in [5.41, 5.74) is 2.41. The molecule has 1 fully saturated rings. The fourth-order valence-corrected chi connectivity index (χ4v) is 3.52. The van der Waals surface area contributed by atoms with Crippen molar-refractivity contribution >= 4 is 35.9 Å². The van der Waals surface area contributed by atoms with Crippen molar-refractivity contribution in [2.45, 2.75) is 13.3 Å². The van der Waals surface area contributed by atoms with Gasteiger partial charge in [0.1, 0.15) is 5.75 Å². The number of aryl methyl sites for hydroxylation is 1. The Morgan fingerprint density at radius 2 is 1.81 bits per heavy atom. The molecular weight excluding hydrogens is 505 g/mol. The van der Waals surface area contributed by atoms with Crippen molar-refractivity contribution in [1.29, 1.82) is 0 Å². The van der Waals surface area contributed by atoms with Crippen LogP contribution < -0.4 is 20.3 Å². The largest absolute Gasteiger partial charge is 0.496 e. The van der Waals surface area contributed by atoms with Crippen molar-refractivity contribution in [1.82, 2.24) is 25.5 Å². The molecule has 0 amide bonds. The maximum Gasteiger partial charge on any atom is 0.225 e. The molecule has 1 aromatic heterocycles. The first-order chi connectivity index (χ1) is 14.7. The molecule has 1 aliphatic heterocycles. The van der Waals surface area contributed by atoms with Crippen LogP contribution in [0.3, 0.4) is 0 Å². The minimum atomic E-state index is 0. The molecule has 0 spiro atoms. The van der Waals surface area contributed by atoms with Gasteiger partial charge in [-0.25, -0.2) is 9.97 Å². The van der Waals surface area contributed by atoms with E-state index in [1.807, 2.05) is 13.1 Å². The number of nitrogens with zero attached hydrogens (tertiary/aromatic N) is 5. The lowest BCUT2D eigenvalue weighted by atomic mass is 10.1. The molecule has 1 aliphatic rings. The van der Waals surface area contributed by atoms with Crippen molar-refractivity contribution in [3.8, 4) is 5.75 Å². The van der Waals surface area contributed by atoms with E-state index in [0.29, 0.717) is 0 Å². The summed E-state index contributed by atoms with van der Waals surface area (Å²) < 4.78 is 5.41. The second-order valence-corrected chi connectivity index (χ2v) is 7.36. The van der Waals surface area contributed by atoms with Gasteiger partial charge in [0.25, 0.3) is 0 Å². The molecule has 2 heterocycles. The lowest BCUT2D eigenvalue weighted by Crippen LogP contribution is -2.49. The van der Waals surface area contributed by atoms with Gasteiger partial charge in [0.2, 0.25) is 5.95 Å². The van der Waals surface area contributed by atoms with E-state index in [2.05, 4.69) is 60.5 Å². The number of hydrogen-bond donors (Lipinski definition) is 2. The van der Waals surface area contributed by atoms with Gasteiger partial charge in [-0.15, -0.1) is 24.0 Å². The molecule has 3 rings (SSSR count). The van der Waals surface area contributed by atoms with Crippen LogP contribution in [-0.4, -0.2) is 80.8 Å². The molecule has 1 aromatic carbocycles. The van der Waals surface area contributed by atoms with Gasteiger partial charge in [-0.05, 0) is 36.6 Å². The highest BCUT2D eigenvalue weighted by atomic mass is 127. The van der Waals surface area contributed by atoms with Crippen LogP contribution in [0.25, 0.3) is 0 Å². The Morgan fingerprint density at radius 3 is 2.48 bits per heavy atom. The van der Waals surface area contributed by atoms with Gasteiger partial charge in [-0.1, -0.05) is 12.1 Å². The van der Waals surface area contributed by atoms with E-state index in [-0.39, 0.29) is 24.0 Å². The summed E-state index contributed by atoms with van der Waals surface area (Å²) in [6, 6.07) is 8.21. The zero-order chi connectivity index (χ0) is 21.2. The molecule has 0 radical (unpaired) electrons. The van der Waals surface area contributed by atoms with Crippen molar-refractivity contribution in [3.05, 3.63) is 47.8 Å². The normalized spacial score (nSPS) is 14.7.